The van der Waals surface area contributed by atoms with Gasteiger partial charge >= 0.3 is 0 Å². The Balaban J connectivity index is 2.04. The van der Waals surface area contributed by atoms with Gasteiger partial charge in [-0.1, -0.05) is 12.1 Å². The van der Waals surface area contributed by atoms with Gasteiger partial charge in [0.1, 0.15) is 12.4 Å². The summed E-state index contributed by atoms with van der Waals surface area (Å²) in [5.41, 5.74) is 0.887. The molecule has 0 bridgehead atoms. The molecule has 0 saturated heterocycles. The molecule has 1 heterocycles. The van der Waals surface area contributed by atoms with Crippen molar-refractivity contribution in [1.29, 1.82) is 0 Å². The van der Waals surface area contributed by atoms with E-state index >= 15 is 0 Å². The molecule has 19 heavy (non-hydrogen) atoms. The van der Waals surface area contributed by atoms with Crippen molar-refractivity contribution in [3.8, 4) is 5.75 Å². The minimum atomic E-state index is 0.0878. The lowest BCUT2D eigenvalue weighted by atomic mass is 10.1. The fraction of sp³-hybridized carbons (Fsp3) is 0.533. The molecular formula is C15H21NO3. The summed E-state index contributed by atoms with van der Waals surface area (Å²) in [6.07, 6.45) is 2.34. The summed E-state index contributed by atoms with van der Waals surface area (Å²) in [4.78, 5) is 14.2. The second-order valence-electron chi connectivity index (χ2n) is 4.84. The van der Waals surface area contributed by atoms with Gasteiger partial charge in [0.25, 0.3) is 0 Å². The van der Waals surface area contributed by atoms with Crippen molar-refractivity contribution in [2.75, 3.05) is 25.2 Å². The number of benzene rings is 1. The molecule has 4 heteroatoms. The highest BCUT2D eigenvalue weighted by molar-refractivity contribution is 5.95. The van der Waals surface area contributed by atoms with Crippen molar-refractivity contribution in [2.45, 2.75) is 32.2 Å². The van der Waals surface area contributed by atoms with Gasteiger partial charge in [0.05, 0.1) is 11.7 Å². The van der Waals surface area contributed by atoms with E-state index < -0.39 is 0 Å². The van der Waals surface area contributed by atoms with E-state index in [9.17, 15) is 4.79 Å². The van der Waals surface area contributed by atoms with Gasteiger partial charge in [-0.15, -0.1) is 0 Å². The number of nitrogens with zero attached hydrogens (tertiary/aromatic N) is 1. The monoisotopic (exact) mass is 263 g/mol. The lowest BCUT2D eigenvalue weighted by Gasteiger charge is -2.35. The van der Waals surface area contributed by atoms with E-state index in [0.717, 1.165) is 24.3 Å². The molecule has 4 nitrogen and oxygen atoms in total. The molecule has 1 aromatic rings. The third-order valence-electron chi connectivity index (χ3n) is 3.30. The van der Waals surface area contributed by atoms with Crippen LogP contribution < -0.4 is 9.64 Å². The maximum Gasteiger partial charge on any atom is 0.227 e. The first-order valence-electron chi connectivity index (χ1n) is 6.77. The minimum Gasteiger partial charge on any atom is -0.489 e. The number of ether oxygens (including phenoxy) is 2. The van der Waals surface area contributed by atoms with E-state index in [4.69, 9.17) is 9.47 Å². The first kappa shape index (κ1) is 13.9. The minimum absolute atomic E-state index is 0.0878. The van der Waals surface area contributed by atoms with Gasteiger partial charge in [-0.2, -0.15) is 0 Å². The normalized spacial score (nSPS) is 17.8. The fourth-order valence-corrected chi connectivity index (χ4v) is 2.32. The van der Waals surface area contributed by atoms with Crippen LogP contribution in [0.3, 0.4) is 0 Å². The molecule has 1 atom stereocenters. The van der Waals surface area contributed by atoms with Gasteiger partial charge in [0, 0.05) is 20.1 Å². The first-order chi connectivity index (χ1) is 9.24. The summed E-state index contributed by atoms with van der Waals surface area (Å²) in [7, 11) is 1.68. The second kappa shape index (κ2) is 6.57. The molecule has 1 amide bonds. The van der Waals surface area contributed by atoms with Crippen molar-refractivity contribution >= 4 is 11.6 Å². The second-order valence-corrected chi connectivity index (χ2v) is 4.84. The molecule has 0 aromatic heterocycles. The molecule has 104 valence electrons. The third kappa shape index (κ3) is 3.26. The fourth-order valence-electron chi connectivity index (χ4n) is 2.32. The van der Waals surface area contributed by atoms with Crippen molar-refractivity contribution in [3.05, 3.63) is 24.3 Å². The van der Waals surface area contributed by atoms with Crippen LogP contribution >= 0.6 is 0 Å². The van der Waals surface area contributed by atoms with Crippen LogP contribution in [0.4, 0.5) is 5.69 Å². The molecule has 1 unspecified atom stereocenters. The highest BCUT2D eigenvalue weighted by Crippen LogP contribution is 2.33. The summed E-state index contributed by atoms with van der Waals surface area (Å²) < 4.78 is 10.6. The van der Waals surface area contributed by atoms with Crippen LogP contribution in [-0.2, 0) is 9.53 Å². The van der Waals surface area contributed by atoms with Crippen LogP contribution in [0.25, 0.3) is 0 Å². The predicted octanol–water partition coefficient (Wildman–Crippen LogP) is 2.62. The predicted molar refractivity (Wildman–Crippen MR) is 74.6 cm³/mol. The summed E-state index contributed by atoms with van der Waals surface area (Å²) in [6.45, 7) is 3.28. The number of hydrogen-bond acceptors (Lipinski definition) is 3. The Morgan fingerprint density at radius 3 is 3.00 bits per heavy atom. The van der Waals surface area contributed by atoms with Crippen LogP contribution in [0.2, 0.25) is 0 Å². The third-order valence-corrected chi connectivity index (χ3v) is 3.30. The average molecular weight is 263 g/mol. The van der Waals surface area contributed by atoms with Gasteiger partial charge in [0.15, 0.2) is 0 Å². The molecule has 2 rings (SSSR count). The number of para-hydroxylation sites is 2. The Morgan fingerprint density at radius 1 is 1.42 bits per heavy atom. The average Bonchev–Trinajstić information content (AvgIpc) is 2.43. The van der Waals surface area contributed by atoms with Gasteiger partial charge in [-0.25, -0.2) is 0 Å². The zero-order chi connectivity index (χ0) is 13.7. The molecule has 0 N–H and O–H groups in total. The van der Waals surface area contributed by atoms with Gasteiger partial charge in [-0.05, 0) is 31.9 Å². The Morgan fingerprint density at radius 2 is 2.21 bits per heavy atom. The molecule has 0 fully saturated rings. The van der Waals surface area contributed by atoms with E-state index in [1.807, 2.05) is 36.1 Å². The highest BCUT2D eigenvalue weighted by atomic mass is 16.5. The number of unbranched alkanes of at least 4 members (excludes halogenated alkanes) is 1. The van der Waals surface area contributed by atoms with E-state index in [1.54, 1.807) is 7.11 Å². The molecule has 1 aliphatic heterocycles. The Hall–Kier alpha value is -1.55. The zero-order valence-electron chi connectivity index (χ0n) is 11.6. The number of rotatable bonds is 5. The quantitative estimate of drug-likeness (QED) is 0.766. The maximum atomic E-state index is 12.4. The molecule has 0 radical (unpaired) electrons. The lowest BCUT2D eigenvalue weighted by molar-refractivity contribution is -0.119. The topological polar surface area (TPSA) is 38.8 Å². The number of anilines is 1. The van der Waals surface area contributed by atoms with Crippen LogP contribution in [0.5, 0.6) is 5.75 Å². The molecule has 0 aliphatic carbocycles. The number of amides is 1. The van der Waals surface area contributed by atoms with Crippen LogP contribution in [-0.4, -0.2) is 32.3 Å². The SMILES string of the molecule is COCCCCC(=O)N1c2ccccc2OCC1C. The molecule has 0 spiro atoms. The number of hydrogen-bond donors (Lipinski definition) is 0. The van der Waals surface area contributed by atoms with Crippen molar-refractivity contribution in [3.63, 3.8) is 0 Å². The molecular weight excluding hydrogens is 242 g/mol. The van der Waals surface area contributed by atoms with E-state index in [1.165, 1.54) is 0 Å². The van der Waals surface area contributed by atoms with Crippen molar-refractivity contribution in [1.82, 2.24) is 0 Å². The van der Waals surface area contributed by atoms with E-state index in [0.29, 0.717) is 19.6 Å². The van der Waals surface area contributed by atoms with Crippen molar-refractivity contribution in [2.24, 2.45) is 0 Å². The summed E-state index contributed by atoms with van der Waals surface area (Å²) in [6, 6.07) is 7.80. The Bertz CT molecular complexity index is 433. The molecule has 1 aromatic carbocycles. The van der Waals surface area contributed by atoms with Crippen LogP contribution in [0, 0.1) is 0 Å². The summed E-state index contributed by atoms with van der Waals surface area (Å²) in [5.74, 6) is 0.963. The number of methoxy groups -OCH3 is 1. The standard InChI is InChI=1S/C15H21NO3/c1-12-11-19-14-8-4-3-7-13(14)16(12)15(17)9-5-6-10-18-2/h3-4,7-8,12H,5-6,9-11H2,1-2H3. The van der Waals surface area contributed by atoms with Crippen LogP contribution in [0.15, 0.2) is 24.3 Å². The largest absolute Gasteiger partial charge is 0.489 e. The maximum absolute atomic E-state index is 12.4. The Kier molecular flexibility index (Phi) is 4.80. The zero-order valence-corrected chi connectivity index (χ0v) is 11.6. The lowest BCUT2D eigenvalue weighted by Crippen LogP contribution is -2.45. The number of fused-ring (bicyclic) bond motifs is 1. The smallest absolute Gasteiger partial charge is 0.227 e. The number of carbonyl (C=O) groups excluding carboxylic acids is 1. The Labute approximate surface area is 114 Å². The summed E-state index contributed by atoms with van der Waals surface area (Å²) >= 11 is 0. The van der Waals surface area contributed by atoms with E-state index in [2.05, 4.69) is 0 Å². The van der Waals surface area contributed by atoms with Crippen LogP contribution in [0.1, 0.15) is 26.2 Å². The molecule has 1 aliphatic rings. The van der Waals surface area contributed by atoms with Gasteiger partial charge in [-0.3, -0.25) is 4.79 Å². The summed E-state index contributed by atoms with van der Waals surface area (Å²) in [5, 5.41) is 0. The van der Waals surface area contributed by atoms with E-state index in [-0.39, 0.29) is 11.9 Å². The van der Waals surface area contributed by atoms with Gasteiger partial charge in [0.2, 0.25) is 5.91 Å². The molecule has 0 saturated carbocycles. The van der Waals surface area contributed by atoms with Crippen molar-refractivity contribution < 1.29 is 14.3 Å². The first-order valence-corrected chi connectivity index (χ1v) is 6.77. The van der Waals surface area contributed by atoms with Gasteiger partial charge < -0.3 is 14.4 Å². The highest BCUT2D eigenvalue weighted by Gasteiger charge is 2.28. The number of carbonyl (C=O) groups is 1.